The lowest BCUT2D eigenvalue weighted by atomic mass is 10.1. The standard InChI is InChI=1S/C13H13BrN2O3/c1-7-4-10(16(6-7)13(17)18)12-15-9-3-2-8(14)5-11(9)19-12/h2-3,5,7,10H,4,6H2,1H3,(H,17,18). The molecule has 0 aliphatic carbocycles. The van der Waals surface area contributed by atoms with Gasteiger partial charge in [-0.3, -0.25) is 4.90 Å². The number of oxazole rings is 1. The van der Waals surface area contributed by atoms with Gasteiger partial charge in [-0.1, -0.05) is 22.9 Å². The van der Waals surface area contributed by atoms with Crippen LogP contribution in [0.5, 0.6) is 0 Å². The number of amides is 1. The highest BCUT2D eigenvalue weighted by molar-refractivity contribution is 9.10. The largest absolute Gasteiger partial charge is 0.465 e. The van der Waals surface area contributed by atoms with Crippen molar-refractivity contribution < 1.29 is 14.3 Å². The molecule has 3 rings (SSSR count). The van der Waals surface area contributed by atoms with Crippen molar-refractivity contribution in [1.29, 1.82) is 0 Å². The molecule has 5 nitrogen and oxygen atoms in total. The summed E-state index contributed by atoms with van der Waals surface area (Å²) in [6.07, 6.45) is -0.168. The number of hydrogen-bond acceptors (Lipinski definition) is 3. The van der Waals surface area contributed by atoms with Gasteiger partial charge in [0.2, 0.25) is 5.89 Å². The topological polar surface area (TPSA) is 66.6 Å². The number of carbonyl (C=O) groups is 1. The van der Waals surface area contributed by atoms with Gasteiger partial charge >= 0.3 is 6.09 Å². The quantitative estimate of drug-likeness (QED) is 0.869. The summed E-state index contributed by atoms with van der Waals surface area (Å²) in [4.78, 5) is 17.1. The lowest BCUT2D eigenvalue weighted by Gasteiger charge is -2.17. The molecule has 0 saturated carbocycles. The van der Waals surface area contributed by atoms with Crippen molar-refractivity contribution >= 4 is 33.1 Å². The summed E-state index contributed by atoms with van der Waals surface area (Å²) in [5, 5.41) is 9.23. The van der Waals surface area contributed by atoms with Crippen LogP contribution < -0.4 is 0 Å². The van der Waals surface area contributed by atoms with Crippen molar-refractivity contribution in [1.82, 2.24) is 9.88 Å². The molecule has 0 bridgehead atoms. The van der Waals surface area contributed by atoms with Gasteiger partial charge in [0.1, 0.15) is 11.6 Å². The van der Waals surface area contributed by atoms with Crippen molar-refractivity contribution in [3.8, 4) is 0 Å². The molecule has 2 heterocycles. The van der Waals surface area contributed by atoms with E-state index in [1.807, 2.05) is 25.1 Å². The molecule has 1 amide bonds. The Morgan fingerprint density at radius 1 is 1.58 bits per heavy atom. The van der Waals surface area contributed by atoms with E-state index in [4.69, 9.17) is 4.42 Å². The van der Waals surface area contributed by atoms with Gasteiger partial charge in [-0.15, -0.1) is 0 Å². The number of likely N-dealkylation sites (tertiary alicyclic amines) is 1. The van der Waals surface area contributed by atoms with E-state index in [1.165, 1.54) is 4.90 Å². The fourth-order valence-corrected chi connectivity index (χ4v) is 2.89. The minimum atomic E-state index is -0.919. The van der Waals surface area contributed by atoms with Gasteiger partial charge < -0.3 is 9.52 Å². The Kier molecular flexibility index (Phi) is 2.97. The zero-order chi connectivity index (χ0) is 13.6. The molecule has 2 atom stereocenters. The van der Waals surface area contributed by atoms with Gasteiger partial charge in [0.25, 0.3) is 0 Å². The lowest BCUT2D eigenvalue weighted by Crippen LogP contribution is -2.29. The second-order valence-electron chi connectivity index (χ2n) is 4.96. The summed E-state index contributed by atoms with van der Waals surface area (Å²) >= 11 is 3.38. The third-order valence-electron chi connectivity index (χ3n) is 3.41. The van der Waals surface area contributed by atoms with Crippen molar-refractivity contribution in [2.24, 2.45) is 5.92 Å². The third kappa shape index (κ3) is 2.20. The summed E-state index contributed by atoms with van der Waals surface area (Å²) in [6.45, 7) is 2.57. The molecule has 2 aromatic rings. The van der Waals surface area contributed by atoms with Crippen LogP contribution in [0, 0.1) is 5.92 Å². The van der Waals surface area contributed by atoms with Crippen molar-refractivity contribution in [2.45, 2.75) is 19.4 Å². The molecule has 1 aromatic carbocycles. The molecule has 2 unspecified atom stereocenters. The summed E-state index contributed by atoms with van der Waals surface area (Å²) in [6, 6.07) is 5.31. The molecule has 1 aliphatic heterocycles. The third-order valence-corrected chi connectivity index (χ3v) is 3.90. The highest BCUT2D eigenvalue weighted by Gasteiger charge is 2.37. The van der Waals surface area contributed by atoms with Gasteiger partial charge in [0.15, 0.2) is 5.58 Å². The number of halogens is 1. The van der Waals surface area contributed by atoms with E-state index in [0.29, 0.717) is 23.9 Å². The second-order valence-corrected chi connectivity index (χ2v) is 5.87. The number of hydrogen-bond donors (Lipinski definition) is 1. The van der Waals surface area contributed by atoms with Gasteiger partial charge in [-0.2, -0.15) is 0 Å². The van der Waals surface area contributed by atoms with Crippen LogP contribution in [-0.2, 0) is 0 Å². The van der Waals surface area contributed by atoms with Crippen molar-refractivity contribution in [3.05, 3.63) is 28.6 Å². The maximum Gasteiger partial charge on any atom is 0.407 e. The van der Waals surface area contributed by atoms with E-state index >= 15 is 0 Å². The molecule has 1 aromatic heterocycles. The molecular weight excluding hydrogens is 312 g/mol. The Labute approximate surface area is 118 Å². The molecule has 1 aliphatic rings. The number of aromatic nitrogens is 1. The summed E-state index contributed by atoms with van der Waals surface area (Å²) in [5.74, 6) is 0.808. The first-order valence-corrected chi connectivity index (χ1v) is 6.89. The van der Waals surface area contributed by atoms with Crippen LogP contribution >= 0.6 is 15.9 Å². The van der Waals surface area contributed by atoms with E-state index in [0.717, 1.165) is 16.4 Å². The molecule has 19 heavy (non-hydrogen) atoms. The lowest BCUT2D eigenvalue weighted by molar-refractivity contribution is 0.133. The van der Waals surface area contributed by atoms with Crippen LogP contribution in [0.2, 0.25) is 0 Å². The number of nitrogens with zero attached hydrogens (tertiary/aromatic N) is 2. The van der Waals surface area contributed by atoms with Gasteiger partial charge in [0, 0.05) is 11.0 Å². The number of rotatable bonds is 1. The maximum absolute atomic E-state index is 11.2. The maximum atomic E-state index is 11.2. The van der Waals surface area contributed by atoms with Gasteiger partial charge in [-0.25, -0.2) is 9.78 Å². The van der Waals surface area contributed by atoms with Crippen molar-refractivity contribution in [2.75, 3.05) is 6.54 Å². The van der Waals surface area contributed by atoms with Crippen molar-refractivity contribution in [3.63, 3.8) is 0 Å². The second kappa shape index (κ2) is 4.52. The predicted octanol–water partition coefficient (Wildman–Crippen LogP) is 3.65. The van der Waals surface area contributed by atoms with E-state index in [1.54, 1.807) is 0 Å². The zero-order valence-corrected chi connectivity index (χ0v) is 11.9. The summed E-state index contributed by atoms with van der Waals surface area (Å²) in [7, 11) is 0. The fraction of sp³-hybridized carbons (Fsp3) is 0.385. The molecule has 6 heteroatoms. The predicted molar refractivity (Wildman–Crippen MR) is 73.0 cm³/mol. The molecular formula is C13H13BrN2O3. The normalized spacial score (nSPS) is 23.2. The van der Waals surface area contributed by atoms with E-state index in [9.17, 15) is 9.90 Å². The van der Waals surface area contributed by atoms with E-state index in [-0.39, 0.29) is 6.04 Å². The number of fused-ring (bicyclic) bond motifs is 1. The van der Waals surface area contributed by atoms with Crippen LogP contribution in [0.15, 0.2) is 27.1 Å². The Morgan fingerprint density at radius 3 is 3.11 bits per heavy atom. The first kappa shape index (κ1) is 12.5. The summed E-state index contributed by atoms with van der Waals surface area (Å²) in [5.41, 5.74) is 1.43. The smallest absolute Gasteiger partial charge is 0.407 e. The van der Waals surface area contributed by atoms with E-state index < -0.39 is 6.09 Å². The zero-order valence-electron chi connectivity index (χ0n) is 10.3. The SMILES string of the molecule is CC1CC(c2nc3ccc(Br)cc3o2)N(C(=O)O)C1. The van der Waals surface area contributed by atoms with Crippen LogP contribution in [0.25, 0.3) is 11.1 Å². The molecule has 0 spiro atoms. The van der Waals surface area contributed by atoms with E-state index in [2.05, 4.69) is 20.9 Å². The first-order chi connectivity index (χ1) is 9.04. The van der Waals surface area contributed by atoms with Crippen LogP contribution in [0.3, 0.4) is 0 Å². The Balaban J connectivity index is 2.01. The van der Waals surface area contributed by atoms with Crippen LogP contribution in [0.4, 0.5) is 4.79 Å². The fourth-order valence-electron chi connectivity index (χ4n) is 2.55. The van der Waals surface area contributed by atoms with Crippen LogP contribution in [-0.4, -0.2) is 27.6 Å². The molecule has 1 N–H and O–H groups in total. The highest BCUT2D eigenvalue weighted by Crippen LogP contribution is 2.36. The molecule has 100 valence electrons. The molecule has 1 fully saturated rings. The average Bonchev–Trinajstić information content (AvgIpc) is 2.91. The van der Waals surface area contributed by atoms with Crippen LogP contribution in [0.1, 0.15) is 25.3 Å². The summed E-state index contributed by atoms with van der Waals surface area (Å²) < 4.78 is 6.63. The van der Waals surface area contributed by atoms with Gasteiger partial charge in [0.05, 0.1) is 0 Å². The number of benzene rings is 1. The molecule has 0 radical (unpaired) electrons. The Morgan fingerprint density at radius 2 is 2.37 bits per heavy atom. The minimum Gasteiger partial charge on any atom is -0.465 e. The average molecular weight is 325 g/mol. The first-order valence-electron chi connectivity index (χ1n) is 6.10. The minimum absolute atomic E-state index is 0.279. The van der Waals surface area contributed by atoms with Gasteiger partial charge in [-0.05, 0) is 30.5 Å². The monoisotopic (exact) mass is 324 g/mol. The Hall–Kier alpha value is -1.56. The highest BCUT2D eigenvalue weighted by atomic mass is 79.9. The Bertz CT molecular complexity index is 640. The molecule has 1 saturated heterocycles. The number of carboxylic acid groups (broad SMARTS) is 1.